The van der Waals surface area contributed by atoms with Crippen molar-refractivity contribution in [3.63, 3.8) is 0 Å². The van der Waals surface area contributed by atoms with Crippen LogP contribution in [0.3, 0.4) is 0 Å². The average Bonchev–Trinajstić information content (AvgIpc) is 2.45. The lowest BCUT2D eigenvalue weighted by Crippen LogP contribution is -2.44. The molecule has 2 aromatic rings. The Bertz CT molecular complexity index is 717. The molecular formula is C17H21N3O3. The fourth-order valence-electron chi connectivity index (χ4n) is 2.00. The van der Waals surface area contributed by atoms with Crippen LogP contribution >= 0.6 is 0 Å². The van der Waals surface area contributed by atoms with Gasteiger partial charge < -0.3 is 15.4 Å². The van der Waals surface area contributed by atoms with E-state index in [0.29, 0.717) is 11.2 Å². The van der Waals surface area contributed by atoms with Gasteiger partial charge in [-0.1, -0.05) is 18.2 Å². The van der Waals surface area contributed by atoms with E-state index < -0.39 is 17.7 Å². The van der Waals surface area contributed by atoms with Crippen molar-refractivity contribution >= 4 is 28.6 Å². The molecule has 2 rings (SSSR count). The zero-order valence-electron chi connectivity index (χ0n) is 13.7. The van der Waals surface area contributed by atoms with E-state index in [1.807, 2.05) is 24.3 Å². The van der Waals surface area contributed by atoms with Gasteiger partial charge >= 0.3 is 6.09 Å². The minimum atomic E-state index is -0.733. The van der Waals surface area contributed by atoms with Crippen LogP contribution in [0.4, 0.5) is 10.5 Å². The molecule has 1 unspecified atom stereocenters. The molecule has 0 saturated carbocycles. The molecule has 0 saturated heterocycles. The Labute approximate surface area is 135 Å². The van der Waals surface area contributed by atoms with Crippen LogP contribution in [-0.2, 0) is 9.53 Å². The topological polar surface area (TPSA) is 80.3 Å². The fourth-order valence-corrected chi connectivity index (χ4v) is 2.00. The maximum absolute atomic E-state index is 12.2. The minimum Gasteiger partial charge on any atom is -0.444 e. The third-order valence-corrected chi connectivity index (χ3v) is 3.02. The van der Waals surface area contributed by atoms with Crippen LogP contribution in [0.25, 0.3) is 10.9 Å². The normalized spacial score (nSPS) is 12.5. The van der Waals surface area contributed by atoms with Crippen molar-refractivity contribution in [3.05, 3.63) is 36.5 Å². The number of pyridine rings is 1. The highest BCUT2D eigenvalue weighted by Crippen LogP contribution is 2.20. The zero-order chi connectivity index (χ0) is 17.0. The van der Waals surface area contributed by atoms with Gasteiger partial charge in [-0.25, -0.2) is 4.79 Å². The highest BCUT2D eigenvalue weighted by Gasteiger charge is 2.21. The van der Waals surface area contributed by atoms with E-state index in [0.717, 1.165) is 5.39 Å². The summed E-state index contributed by atoms with van der Waals surface area (Å²) in [5.41, 5.74) is 0.693. The number of rotatable bonds is 3. The molecule has 2 N–H and O–H groups in total. The van der Waals surface area contributed by atoms with Crippen molar-refractivity contribution in [2.45, 2.75) is 39.3 Å². The third-order valence-electron chi connectivity index (χ3n) is 3.02. The molecule has 0 fully saturated rings. The number of aromatic nitrogens is 1. The lowest BCUT2D eigenvalue weighted by Gasteiger charge is -2.21. The van der Waals surface area contributed by atoms with Gasteiger partial charge in [0.05, 0.1) is 11.2 Å². The molecular weight excluding hydrogens is 294 g/mol. The molecule has 1 atom stereocenters. The molecule has 6 nitrogen and oxygen atoms in total. The second-order valence-corrected chi connectivity index (χ2v) is 6.24. The Balaban J connectivity index is 2.04. The summed E-state index contributed by atoms with van der Waals surface area (Å²) < 4.78 is 5.14. The summed E-state index contributed by atoms with van der Waals surface area (Å²) in [4.78, 5) is 28.2. The van der Waals surface area contributed by atoms with E-state index in [1.165, 1.54) is 0 Å². The van der Waals surface area contributed by atoms with E-state index in [9.17, 15) is 9.59 Å². The predicted octanol–water partition coefficient (Wildman–Crippen LogP) is 3.09. The highest BCUT2D eigenvalue weighted by atomic mass is 16.6. The first-order valence-electron chi connectivity index (χ1n) is 7.40. The average molecular weight is 315 g/mol. The van der Waals surface area contributed by atoms with Crippen molar-refractivity contribution in [2.24, 2.45) is 0 Å². The lowest BCUT2D eigenvalue weighted by atomic mass is 10.2. The van der Waals surface area contributed by atoms with Crippen LogP contribution in [0.2, 0.25) is 0 Å². The number of hydrogen-bond acceptors (Lipinski definition) is 4. The van der Waals surface area contributed by atoms with E-state index in [-0.39, 0.29) is 5.91 Å². The van der Waals surface area contributed by atoms with Gasteiger partial charge in [0.2, 0.25) is 5.91 Å². The molecule has 0 aliphatic carbocycles. The minimum absolute atomic E-state index is 0.339. The number of carbonyl (C=O) groups excluding carboxylic acids is 2. The molecule has 2 amide bonds. The number of amides is 2. The van der Waals surface area contributed by atoms with E-state index in [1.54, 1.807) is 40.0 Å². The van der Waals surface area contributed by atoms with Crippen molar-refractivity contribution in [1.82, 2.24) is 10.3 Å². The van der Waals surface area contributed by atoms with E-state index >= 15 is 0 Å². The summed E-state index contributed by atoms with van der Waals surface area (Å²) in [5, 5.41) is 6.22. The third kappa shape index (κ3) is 4.67. The van der Waals surface area contributed by atoms with Crippen LogP contribution in [0.5, 0.6) is 0 Å². The Morgan fingerprint density at radius 1 is 1.17 bits per heavy atom. The number of nitrogens with one attached hydrogen (secondary N) is 2. The van der Waals surface area contributed by atoms with Gasteiger partial charge in [0.25, 0.3) is 0 Å². The number of alkyl carbamates (subject to hydrolysis) is 1. The first-order valence-corrected chi connectivity index (χ1v) is 7.40. The largest absolute Gasteiger partial charge is 0.444 e. The summed E-state index contributed by atoms with van der Waals surface area (Å²) >= 11 is 0. The van der Waals surface area contributed by atoms with E-state index in [2.05, 4.69) is 15.6 Å². The summed E-state index contributed by atoms with van der Waals surface area (Å²) in [6.07, 6.45) is 1.04. The summed E-state index contributed by atoms with van der Waals surface area (Å²) in [6.45, 7) is 6.88. The quantitative estimate of drug-likeness (QED) is 0.912. The lowest BCUT2D eigenvalue weighted by molar-refractivity contribution is -0.117. The number of ether oxygens (including phenoxy) is 1. The molecule has 122 valence electrons. The van der Waals surface area contributed by atoms with Crippen molar-refractivity contribution in [3.8, 4) is 0 Å². The number of hydrogen-bond donors (Lipinski definition) is 2. The molecule has 1 aromatic carbocycles. The molecule has 6 heteroatoms. The molecule has 1 aromatic heterocycles. The Hall–Kier alpha value is -2.63. The maximum Gasteiger partial charge on any atom is 0.408 e. The number of para-hydroxylation sites is 1. The van der Waals surface area contributed by atoms with Crippen LogP contribution in [0.15, 0.2) is 36.5 Å². The van der Waals surface area contributed by atoms with E-state index in [4.69, 9.17) is 4.74 Å². The SMILES string of the molecule is CC(NC(=O)OC(C)(C)C)C(=O)Nc1cccc2cccnc12. The molecule has 0 spiro atoms. The second kappa shape index (κ2) is 6.64. The van der Waals surface area contributed by atoms with Gasteiger partial charge in [0, 0.05) is 11.6 Å². The van der Waals surface area contributed by atoms with Crippen LogP contribution in [0.1, 0.15) is 27.7 Å². The summed E-state index contributed by atoms with van der Waals surface area (Å²) in [7, 11) is 0. The van der Waals surface area contributed by atoms with Crippen LogP contribution < -0.4 is 10.6 Å². The van der Waals surface area contributed by atoms with Gasteiger partial charge in [0.1, 0.15) is 11.6 Å². The maximum atomic E-state index is 12.2. The highest BCUT2D eigenvalue weighted by molar-refractivity contribution is 6.02. The summed E-state index contributed by atoms with van der Waals surface area (Å²) in [5.74, 6) is -0.339. The standard InChI is InChI=1S/C17H21N3O3/c1-11(19-16(22)23-17(2,3)4)15(21)20-13-9-5-7-12-8-6-10-18-14(12)13/h5-11H,1-4H3,(H,19,22)(H,20,21). The summed E-state index contributed by atoms with van der Waals surface area (Å²) in [6, 6.07) is 8.55. The van der Waals surface area contributed by atoms with Gasteiger partial charge in [-0.2, -0.15) is 0 Å². The van der Waals surface area contributed by atoms with Gasteiger partial charge in [0.15, 0.2) is 0 Å². The molecule has 23 heavy (non-hydrogen) atoms. The predicted molar refractivity (Wildman–Crippen MR) is 89.2 cm³/mol. The van der Waals surface area contributed by atoms with Crippen molar-refractivity contribution in [1.29, 1.82) is 0 Å². The van der Waals surface area contributed by atoms with Gasteiger partial charge in [-0.3, -0.25) is 9.78 Å². The fraction of sp³-hybridized carbons (Fsp3) is 0.353. The van der Waals surface area contributed by atoms with Gasteiger partial charge in [-0.15, -0.1) is 0 Å². The second-order valence-electron chi connectivity index (χ2n) is 6.24. The first-order chi connectivity index (χ1) is 10.8. The Kier molecular flexibility index (Phi) is 4.83. The number of fused-ring (bicyclic) bond motifs is 1. The van der Waals surface area contributed by atoms with Crippen LogP contribution in [0, 0.1) is 0 Å². The molecule has 0 aliphatic rings. The Morgan fingerprint density at radius 2 is 1.87 bits per heavy atom. The first kappa shape index (κ1) is 16.7. The molecule has 0 bridgehead atoms. The van der Waals surface area contributed by atoms with Crippen molar-refractivity contribution in [2.75, 3.05) is 5.32 Å². The molecule has 0 radical (unpaired) electrons. The number of nitrogens with zero attached hydrogens (tertiary/aromatic N) is 1. The van der Waals surface area contributed by atoms with Crippen LogP contribution in [-0.4, -0.2) is 28.6 Å². The van der Waals surface area contributed by atoms with Gasteiger partial charge in [-0.05, 0) is 39.8 Å². The number of carbonyl (C=O) groups is 2. The zero-order valence-corrected chi connectivity index (χ0v) is 13.7. The monoisotopic (exact) mass is 315 g/mol. The Morgan fingerprint density at radius 3 is 2.57 bits per heavy atom. The smallest absolute Gasteiger partial charge is 0.408 e. The number of anilines is 1. The number of benzene rings is 1. The molecule has 1 heterocycles. The van der Waals surface area contributed by atoms with Crippen molar-refractivity contribution < 1.29 is 14.3 Å². The molecule has 0 aliphatic heterocycles.